The maximum absolute atomic E-state index is 5.85. The van der Waals surface area contributed by atoms with Crippen LogP contribution in [-0.4, -0.2) is 39.0 Å². The lowest BCUT2D eigenvalue weighted by Crippen LogP contribution is -2.60. The van der Waals surface area contributed by atoms with E-state index in [-0.39, 0.29) is 5.41 Å². The van der Waals surface area contributed by atoms with Crippen molar-refractivity contribution in [2.45, 2.75) is 32.2 Å². The molecule has 2 aromatic rings. The van der Waals surface area contributed by atoms with Crippen molar-refractivity contribution >= 4 is 12.2 Å². The Balaban J connectivity index is 0.000000287. The second-order valence-corrected chi connectivity index (χ2v) is 8.30. The molecule has 3 heterocycles. The van der Waals surface area contributed by atoms with E-state index in [1.165, 1.54) is 16.7 Å². The molecule has 0 atom stereocenters. The molecule has 5 rings (SSSR count). The summed E-state index contributed by atoms with van der Waals surface area (Å²) in [6.07, 6.45) is 6.97. The summed E-state index contributed by atoms with van der Waals surface area (Å²) in [6, 6.07) is 18.6. The summed E-state index contributed by atoms with van der Waals surface area (Å²) >= 11 is 0. The minimum absolute atomic E-state index is 0.127. The van der Waals surface area contributed by atoms with Crippen LogP contribution in [0, 0.1) is 5.41 Å². The van der Waals surface area contributed by atoms with Crippen LogP contribution in [0.25, 0.3) is 12.2 Å². The van der Waals surface area contributed by atoms with Gasteiger partial charge < -0.3 is 18.9 Å². The third-order valence-corrected chi connectivity index (χ3v) is 5.58. The normalized spacial score (nSPS) is 24.2. The lowest BCUT2D eigenvalue weighted by molar-refractivity contribution is -0.462. The van der Waals surface area contributed by atoms with Gasteiger partial charge in [-0.2, -0.15) is 0 Å². The SMILES string of the molecule is C=Cc1ccc(CCCCOCC23COC(C)(OC2)OC3)cc1.C=Cc1ccccc1. The van der Waals surface area contributed by atoms with E-state index >= 15 is 0 Å². The lowest BCUT2D eigenvalue weighted by atomic mass is 9.90. The van der Waals surface area contributed by atoms with Crippen molar-refractivity contribution in [3.8, 4) is 0 Å². The van der Waals surface area contributed by atoms with Crippen LogP contribution in [0.1, 0.15) is 36.5 Å². The summed E-state index contributed by atoms with van der Waals surface area (Å²) < 4.78 is 22.6. The molecule has 0 amide bonds. The van der Waals surface area contributed by atoms with Crippen molar-refractivity contribution in [1.29, 1.82) is 0 Å². The molecule has 0 aliphatic carbocycles. The summed E-state index contributed by atoms with van der Waals surface area (Å²) in [7, 11) is 0. The first-order valence-electron chi connectivity index (χ1n) is 10.9. The third kappa shape index (κ3) is 7.15. The van der Waals surface area contributed by atoms with Crippen LogP contribution < -0.4 is 0 Å². The Morgan fingerprint density at radius 3 is 1.97 bits per heavy atom. The lowest BCUT2D eigenvalue weighted by Gasteiger charge is -2.50. The molecule has 0 aromatic heterocycles. The van der Waals surface area contributed by atoms with E-state index in [0.717, 1.165) is 25.9 Å². The monoisotopic (exact) mass is 422 g/mol. The summed E-state index contributed by atoms with van der Waals surface area (Å²) in [5, 5.41) is 0. The molecule has 0 N–H and O–H groups in total. The highest BCUT2D eigenvalue weighted by Gasteiger charge is 2.50. The van der Waals surface area contributed by atoms with Gasteiger partial charge in [-0.25, -0.2) is 0 Å². The number of benzene rings is 2. The van der Waals surface area contributed by atoms with E-state index < -0.39 is 5.97 Å². The van der Waals surface area contributed by atoms with Gasteiger partial charge in [0.2, 0.25) is 0 Å². The Kier molecular flexibility index (Phi) is 8.61. The maximum Gasteiger partial charge on any atom is 0.279 e. The number of aryl methyl sites for hydroxylation is 1. The smallest absolute Gasteiger partial charge is 0.279 e. The van der Waals surface area contributed by atoms with E-state index in [1.54, 1.807) is 0 Å². The minimum Gasteiger partial charge on any atom is -0.381 e. The average Bonchev–Trinajstić information content (AvgIpc) is 2.83. The zero-order chi connectivity index (χ0) is 22.0. The number of hydrogen-bond acceptors (Lipinski definition) is 4. The molecule has 0 radical (unpaired) electrons. The molecular formula is C27H34O4. The van der Waals surface area contributed by atoms with Crippen LogP contribution in [0.2, 0.25) is 0 Å². The van der Waals surface area contributed by atoms with E-state index in [2.05, 4.69) is 37.4 Å². The first kappa shape index (κ1) is 23.4. The summed E-state index contributed by atoms with van der Waals surface area (Å²) in [4.78, 5) is 0. The summed E-state index contributed by atoms with van der Waals surface area (Å²) in [5.41, 5.74) is 3.58. The van der Waals surface area contributed by atoms with Crippen LogP contribution in [0.15, 0.2) is 67.8 Å². The van der Waals surface area contributed by atoms with Crippen molar-refractivity contribution in [3.63, 3.8) is 0 Å². The van der Waals surface area contributed by atoms with E-state index in [0.29, 0.717) is 26.4 Å². The van der Waals surface area contributed by atoms with Crippen molar-refractivity contribution in [2.24, 2.45) is 5.41 Å². The molecule has 166 valence electrons. The number of fused-ring (bicyclic) bond motifs is 3. The van der Waals surface area contributed by atoms with Crippen LogP contribution >= 0.6 is 0 Å². The van der Waals surface area contributed by atoms with E-state index in [4.69, 9.17) is 18.9 Å². The third-order valence-electron chi connectivity index (χ3n) is 5.58. The fourth-order valence-electron chi connectivity index (χ4n) is 3.46. The Labute approximate surface area is 186 Å². The second-order valence-electron chi connectivity index (χ2n) is 8.30. The highest BCUT2D eigenvalue weighted by Crippen LogP contribution is 2.38. The van der Waals surface area contributed by atoms with Gasteiger partial charge in [0.1, 0.15) is 0 Å². The maximum atomic E-state index is 5.85. The molecule has 2 aromatic carbocycles. The zero-order valence-electron chi connectivity index (χ0n) is 18.6. The van der Waals surface area contributed by atoms with E-state index in [1.807, 2.05) is 49.4 Å². The molecule has 0 unspecified atom stereocenters. The topological polar surface area (TPSA) is 36.9 Å². The van der Waals surface area contributed by atoms with Crippen LogP contribution in [0.3, 0.4) is 0 Å². The van der Waals surface area contributed by atoms with E-state index in [9.17, 15) is 0 Å². The van der Waals surface area contributed by atoms with Crippen molar-refractivity contribution in [1.82, 2.24) is 0 Å². The molecule has 31 heavy (non-hydrogen) atoms. The number of hydrogen-bond donors (Lipinski definition) is 0. The second kappa shape index (κ2) is 11.4. The molecule has 3 fully saturated rings. The van der Waals surface area contributed by atoms with Gasteiger partial charge in [-0.15, -0.1) is 0 Å². The largest absolute Gasteiger partial charge is 0.381 e. The Bertz CT molecular complexity index is 788. The van der Waals surface area contributed by atoms with Gasteiger partial charge >= 0.3 is 0 Å². The molecule has 4 heteroatoms. The Morgan fingerprint density at radius 1 is 0.839 bits per heavy atom. The van der Waals surface area contributed by atoms with Gasteiger partial charge in [-0.1, -0.05) is 79.9 Å². The van der Waals surface area contributed by atoms with Crippen LogP contribution in [-0.2, 0) is 25.4 Å². The number of unbranched alkanes of at least 4 members (excludes halogenated alkanes) is 1. The fourth-order valence-corrected chi connectivity index (χ4v) is 3.46. The highest BCUT2D eigenvalue weighted by atomic mass is 16.9. The molecule has 3 aliphatic rings. The Hall–Kier alpha value is -2.24. The fraction of sp³-hybridized carbons (Fsp3) is 0.407. The molecule has 3 aliphatic heterocycles. The summed E-state index contributed by atoms with van der Waals surface area (Å²) in [6.45, 7) is 12.6. The highest BCUT2D eigenvalue weighted by molar-refractivity contribution is 5.47. The van der Waals surface area contributed by atoms with Gasteiger partial charge in [0.25, 0.3) is 5.97 Å². The molecule has 2 bridgehead atoms. The van der Waals surface area contributed by atoms with Crippen LogP contribution in [0.5, 0.6) is 0 Å². The average molecular weight is 423 g/mol. The van der Waals surface area contributed by atoms with Gasteiger partial charge in [0, 0.05) is 13.5 Å². The minimum atomic E-state index is -0.830. The summed E-state index contributed by atoms with van der Waals surface area (Å²) in [5.74, 6) is -0.830. The molecule has 0 saturated carbocycles. The van der Waals surface area contributed by atoms with Gasteiger partial charge in [0.05, 0.1) is 31.8 Å². The predicted molar refractivity (Wildman–Crippen MR) is 126 cm³/mol. The van der Waals surface area contributed by atoms with Crippen molar-refractivity contribution in [2.75, 3.05) is 33.0 Å². The van der Waals surface area contributed by atoms with Gasteiger partial charge in [-0.05, 0) is 36.0 Å². The van der Waals surface area contributed by atoms with Crippen LogP contribution in [0.4, 0.5) is 0 Å². The van der Waals surface area contributed by atoms with Gasteiger partial charge in [0.15, 0.2) is 0 Å². The first-order valence-corrected chi connectivity index (χ1v) is 10.9. The molecule has 0 spiro atoms. The standard InChI is InChI=1S/C19H26O4.C8H8/c1-3-16-7-9-17(10-8-16)6-4-5-11-20-12-19-13-21-18(2,22-14-19)23-15-19;1-2-8-6-4-3-5-7-8/h3,7-10H,1,4-6,11-15H2,2H3;2-7H,1H2. The van der Waals surface area contributed by atoms with Gasteiger partial charge in [-0.3, -0.25) is 0 Å². The molecule has 3 saturated heterocycles. The van der Waals surface area contributed by atoms with Crippen molar-refractivity contribution in [3.05, 3.63) is 84.4 Å². The molecular weight excluding hydrogens is 388 g/mol. The Morgan fingerprint density at radius 2 is 1.42 bits per heavy atom. The number of ether oxygens (including phenoxy) is 4. The first-order chi connectivity index (χ1) is 15.1. The number of rotatable bonds is 9. The predicted octanol–water partition coefficient (Wildman–Crippen LogP) is 5.74. The van der Waals surface area contributed by atoms with Crippen molar-refractivity contribution < 1.29 is 18.9 Å². The molecule has 4 nitrogen and oxygen atoms in total. The zero-order valence-corrected chi connectivity index (χ0v) is 18.6. The quantitative estimate of drug-likeness (QED) is 0.483.